The molecule has 0 aliphatic heterocycles. The molecule has 1 heterocycles. The van der Waals surface area contributed by atoms with E-state index in [1.54, 1.807) is 13.8 Å². The molecule has 1 aromatic heterocycles. The Labute approximate surface area is 98.1 Å². The SMILES string of the molecule is CC(C)C(C(=O)O)S(=O)(=O)Cc1cncs1. The van der Waals surface area contributed by atoms with E-state index in [2.05, 4.69) is 4.98 Å². The highest BCUT2D eigenvalue weighted by atomic mass is 32.2. The zero-order valence-electron chi connectivity index (χ0n) is 8.95. The summed E-state index contributed by atoms with van der Waals surface area (Å²) in [5.41, 5.74) is 1.52. The van der Waals surface area contributed by atoms with Crippen LogP contribution in [0.3, 0.4) is 0 Å². The third-order valence-electron chi connectivity index (χ3n) is 2.06. The van der Waals surface area contributed by atoms with E-state index in [1.807, 2.05) is 0 Å². The summed E-state index contributed by atoms with van der Waals surface area (Å²) >= 11 is 1.21. The van der Waals surface area contributed by atoms with Gasteiger partial charge < -0.3 is 5.11 Å². The highest BCUT2D eigenvalue weighted by Gasteiger charge is 2.35. The number of carbonyl (C=O) groups is 1. The molecule has 1 aromatic rings. The number of hydrogen-bond donors (Lipinski definition) is 1. The Morgan fingerprint density at radius 3 is 2.56 bits per heavy atom. The molecular formula is C9H13NO4S2. The Bertz CT molecular complexity index is 450. The normalized spacial score (nSPS) is 13.9. The van der Waals surface area contributed by atoms with E-state index in [4.69, 9.17) is 5.11 Å². The number of carboxylic acid groups (broad SMARTS) is 1. The minimum Gasteiger partial charge on any atom is -0.480 e. The van der Waals surface area contributed by atoms with Crippen molar-refractivity contribution in [3.05, 3.63) is 16.6 Å². The average molecular weight is 263 g/mol. The molecule has 0 aliphatic rings. The molecule has 0 aliphatic carbocycles. The minimum absolute atomic E-state index is 0.257. The molecule has 0 amide bonds. The van der Waals surface area contributed by atoms with Gasteiger partial charge in [0.05, 0.1) is 11.3 Å². The first kappa shape index (κ1) is 13.1. The van der Waals surface area contributed by atoms with Crippen LogP contribution in [0.15, 0.2) is 11.7 Å². The molecule has 0 radical (unpaired) electrons. The molecule has 1 N–H and O–H groups in total. The van der Waals surface area contributed by atoms with Crippen molar-refractivity contribution in [2.45, 2.75) is 24.9 Å². The zero-order chi connectivity index (χ0) is 12.3. The number of aromatic nitrogens is 1. The fourth-order valence-corrected chi connectivity index (χ4v) is 4.39. The molecule has 1 rings (SSSR count). The van der Waals surface area contributed by atoms with Gasteiger partial charge in [0.2, 0.25) is 0 Å². The van der Waals surface area contributed by atoms with Gasteiger partial charge in [-0.2, -0.15) is 0 Å². The smallest absolute Gasteiger partial charge is 0.322 e. The Hall–Kier alpha value is -0.950. The number of carboxylic acids is 1. The lowest BCUT2D eigenvalue weighted by Gasteiger charge is -2.15. The number of sulfone groups is 1. The van der Waals surface area contributed by atoms with Gasteiger partial charge in [-0.1, -0.05) is 13.8 Å². The molecule has 0 spiro atoms. The maximum Gasteiger partial charge on any atom is 0.322 e. The van der Waals surface area contributed by atoms with Crippen molar-refractivity contribution in [1.29, 1.82) is 0 Å². The highest BCUT2D eigenvalue weighted by Crippen LogP contribution is 2.19. The lowest BCUT2D eigenvalue weighted by molar-refractivity contribution is -0.137. The van der Waals surface area contributed by atoms with Crippen molar-refractivity contribution in [2.24, 2.45) is 5.92 Å². The lowest BCUT2D eigenvalue weighted by Crippen LogP contribution is -2.35. The molecule has 1 atom stereocenters. The first-order valence-electron chi connectivity index (χ1n) is 4.66. The van der Waals surface area contributed by atoms with Crippen molar-refractivity contribution >= 4 is 27.1 Å². The maximum atomic E-state index is 11.9. The van der Waals surface area contributed by atoms with E-state index < -0.39 is 27.0 Å². The number of nitrogens with zero attached hydrogens (tertiary/aromatic N) is 1. The van der Waals surface area contributed by atoms with E-state index in [0.717, 1.165) is 0 Å². The van der Waals surface area contributed by atoms with Crippen LogP contribution >= 0.6 is 11.3 Å². The Morgan fingerprint density at radius 1 is 1.56 bits per heavy atom. The molecule has 5 nitrogen and oxygen atoms in total. The van der Waals surface area contributed by atoms with Crippen molar-refractivity contribution in [2.75, 3.05) is 0 Å². The number of aliphatic carboxylic acids is 1. The van der Waals surface area contributed by atoms with Crippen LogP contribution in [-0.2, 0) is 20.4 Å². The Morgan fingerprint density at radius 2 is 2.19 bits per heavy atom. The third kappa shape index (κ3) is 3.02. The summed E-state index contributed by atoms with van der Waals surface area (Å²) in [6.07, 6.45) is 1.45. The number of hydrogen-bond acceptors (Lipinski definition) is 5. The second kappa shape index (κ2) is 4.92. The van der Waals surface area contributed by atoms with Crippen LogP contribution in [0.2, 0.25) is 0 Å². The van der Waals surface area contributed by atoms with E-state index >= 15 is 0 Å². The lowest BCUT2D eigenvalue weighted by atomic mass is 10.1. The average Bonchev–Trinajstić information content (AvgIpc) is 2.52. The second-order valence-corrected chi connectivity index (χ2v) is 6.87. The van der Waals surface area contributed by atoms with E-state index in [0.29, 0.717) is 4.88 Å². The van der Waals surface area contributed by atoms with E-state index in [9.17, 15) is 13.2 Å². The van der Waals surface area contributed by atoms with Crippen LogP contribution in [0.1, 0.15) is 18.7 Å². The first-order valence-corrected chi connectivity index (χ1v) is 7.26. The van der Waals surface area contributed by atoms with Gasteiger partial charge in [-0.25, -0.2) is 8.42 Å². The fraction of sp³-hybridized carbons (Fsp3) is 0.556. The van der Waals surface area contributed by atoms with Gasteiger partial charge in [-0.05, 0) is 5.92 Å². The zero-order valence-corrected chi connectivity index (χ0v) is 10.6. The summed E-state index contributed by atoms with van der Waals surface area (Å²) in [6, 6.07) is 0. The summed E-state index contributed by atoms with van der Waals surface area (Å²) in [6.45, 7) is 3.17. The molecule has 0 bridgehead atoms. The predicted molar refractivity (Wildman–Crippen MR) is 61.0 cm³/mol. The predicted octanol–water partition coefficient (Wildman–Crippen LogP) is 1.17. The van der Waals surface area contributed by atoms with Gasteiger partial charge >= 0.3 is 5.97 Å². The standard InChI is InChI=1S/C9H13NO4S2/c1-6(2)8(9(11)12)16(13,14)4-7-3-10-5-15-7/h3,5-6,8H,4H2,1-2H3,(H,11,12). The highest BCUT2D eigenvalue weighted by molar-refractivity contribution is 7.92. The third-order valence-corrected chi connectivity index (χ3v) is 5.26. The van der Waals surface area contributed by atoms with Crippen LogP contribution < -0.4 is 0 Å². The molecule has 0 aromatic carbocycles. The summed E-state index contributed by atoms with van der Waals surface area (Å²) in [7, 11) is -3.67. The molecule has 90 valence electrons. The summed E-state index contributed by atoms with van der Waals surface area (Å²) in [5.74, 6) is -2.00. The summed E-state index contributed by atoms with van der Waals surface area (Å²) < 4.78 is 23.8. The van der Waals surface area contributed by atoms with E-state index in [1.165, 1.54) is 23.0 Å². The quantitative estimate of drug-likeness (QED) is 0.862. The molecule has 0 saturated carbocycles. The summed E-state index contributed by atoms with van der Waals surface area (Å²) in [5, 5.41) is 7.56. The number of thiazole rings is 1. The molecule has 0 fully saturated rings. The fourth-order valence-electron chi connectivity index (χ4n) is 1.45. The van der Waals surface area contributed by atoms with Crippen molar-refractivity contribution < 1.29 is 18.3 Å². The number of rotatable bonds is 5. The molecule has 7 heteroatoms. The van der Waals surface area contributed by atoms with Crippen molar-refractivity contribution in [3.8, 4) is 0 Å². The Kier molecular flexibility index (Phi) is 4.03. The maximum absolute atomic E-state index is 11.9. The second-order valence-electron chi connectivity index (χ2n) is 3.78. The van der Waals surface area contributed by atoms with Gasteiger partial charge in [0.25, 0.3) is 0 Å². The van der Waals surface area contributed by atoms with Gasteiger partial charge in [-0.15, -0.1) is 11.3 Å². The Balaban J connectivity index is 2.95. The van der Waals surface area contributed by atoms with Gasteiger partial charge in [0, 0.05) is 11.1 Å². The topological polar surface area (TPSA) is 84.3 Å². The molecule has 0 saturated heterocycles. The van der Waals surface area contributed by atoms with Crippen molar-refractivity contribution in [3.63, 3.8) is 0 Å². The monoisotopic (exact) mass is 263 g/mol. The largest absolute Gasteiger partial charge is 0.480 e. The molecular weight excluding hydrogens is 250 g/mol. The first-order chi connectivity index (χ1) is 7.34. The van der Waals surface area contributed by atoms with Gasteiger partial charge in [0.15, 0.2) is 15.1 Å². The van der Waals surface area contributed by atoms with Crippen LogP contribution in [0, 0.1) is 5.92 Å². The molecule has 16 heavy (non-hydrogen) atoms. The van der Waals surface area contributed by atoms with Crippen LogP contribution in [0.4, 0.5) is 0 Å². The van der Waals surface area contributed by atoms with Crippen LogP contribution in [0.5, 0.6) is 0 Å². The molecule has 1 unspecified atom stereocenters. The van der Waals surface area contributed by atoms with Crippen LogP contribution in [-0.4, -0.2) is 29.7 Å². The minimum atomic E-state index is -3.67. The van der Waals surface area contributed by atoms with Crippen molar-refractivity contribution in [1.82, 2.24) is 4.98 Å². The van der Waals surface area contributed by atoms with E-state index in [-0.39, 0.29) is 5.75 Å². The van der Waals surface area contributed by atoms with Gasteiger partial charge in [0.1, 0.15) is 0 Å². The van der Waals surface area contributed by atoms with Gasteiger partial charge in [-0.3, -0.25) is 9.78 Å². The van der Waals surface area contributed by atoms with Crippen LogP contribution in [0.25, 0.3) is 0 Å². The summed E-state index contributed by atoms with van der Waals surface area (Å²) in [4.78, 5) is 15.2.